The maximum Gasteiger partial charge on any atom is 0.335 e. The molecule has 2 aromatic rings. The van der Waals surface area contributed by atoms with Gasteiger partial charge in [-0.15, -0.1) is 0 Å². The molecule has 0 aromatic heterocycles. The van der Waals surface area contributed by atoms with E-state index in [2.05, 4.69) is 15.9 Å². The van der Waals surface area contributed by atoms with Crippen LogP contribution in [0.2, 0.25) is 0 Å². The van der Waals surface area contributed by atoms with E-state index in [-0.39, 0.29) is 18.0 Å². The first-order chi connectivity index (χ1) is 10.5. The number of carboxylic acid groups (broad SMARTS) is 1. The van der Waals surface area contributed by atoms with Crippen LogP contribution in [0.3, 0.4) is 0 Å². The third kappa shape index (κ3) is 3.98. The molecule has 0 spiro atoms. The second-order valence-electron chi connectivity index (χ2n) is 4.44. The highest BCUT2D eigenvalue weighted by atomic mass is 79.9. The average molecular weight is 369 g/mol. The van der Waals surface area contributed by atoms with Crippen molar-refractivity contribution >= 4 is 21.9 Å². The van der Waals surface area contributed by atoms with Crippen molar-refractivity contribution in [2.75, 3.05) is 6.61 Å². The van der Waals surface area contributed by atoms with Crippen molar-refractivity contribution in [3.63, 3.8) is 0 Å². The number of ether oxygens (including phenoxy) is 2. The van der Waals surface area contributed by atoms with Crippen LogP contribution in [-0.4, -0.2) is 17.7 Å². The molecule has 0 atom stereocenters. The Kier molecular flexibility index (Phi) is 5.38. The largest absolute Gasteiger partial charge is 0.490 e. The van der Waals surface area contributed by atoms with E-state index in [0.717, 1.165) is 5.56 Å². The first-order valence-corrected chi connectivity index (χ1v) is 7.37. The number of carboxylic acids is 1. The Morgan fingerprint density at radius 1 is 1.23 bits per heavy atom. The molecule has 2 aromatic carbocycles. The molecular weight excluding hydrogens is 355 g/mol. The summed E-state index contributed by atoms with van der Waals surface area (Å²) in [7, 11) is 0. The fourth-order valence-electron chi connectivity index (χ4n) is 1.83. The Bertz CT molecular complexity index is 671. The van der Waals surface area contributed by atoms with Crippen LogP contribution in [0.1, 0.15) is 22.8 Å². The van der Waals surface area contributed by atoms with Gasteiger partial charge in [0.15, 0.2) is 11.5 Å². The second kappa shape index (κ2) is 7.26. The normalized spacial score (nSPS) is 10.3. The summed E-state index contributed by atoms with van der Waals surface area (Å²) in [5, 5.41) is 9.07. The standard InChI is InChI=1S/C16H14BrFO4/c1-2-21-14-8-11(16(19)20)7-13(17)15(14)22-9-10-3-5-12(18)6-4-10/h3-8H,2,9H2,1H3,(H,19,20). The molecule has 0 aliphatic carbocycles. The van der Waals surface area contributed by atoms with E-state index in [0.29, 0.717) is 22.6 Å². The van der Waals surface area contributed by atoms with E-state index >= 15 is 0 Å². The topological polar surface area (TPSA) is 55.8 Å². The molecule has 0 bridgehead atoms. The third-order valence-corrected chi connectivity index (χ3v) is 3.44. The van der Waals surface area contributed by atoms with Crippen LogP contribution in [0.5, 0.6) is 11.5 Å². The molecule has 4 nitrogen and oxygen atoms in total. The van der Waals surface area contributed by atoms with Crippen LogP contribution in [0.25, 0.3) is 0 Å². The lowest BCUT2D eigenvalue weighted by Gasteiger charge is -2.14. The van der Waals surface area contributed by atoms with Gasteiger partial charge in [-0.2, -0.15) is 0 Å². The maximum absolute atomic E-state index is 12.9. The number of rotatable bonds is 6. The van der Waals surface area contributed by atoms with E-state index < -0.39 is 5.97 Å². The Labute approximate surface area is 135 Å². The number of carbonyl (C=O) groups is 1. The molecule has 0 saturated heterocycles. The van der Waals surface area contributed by atoms with Gasteiger partial charge in [0, 0.05) is 0 Å². The fourth-order valence-corrected chi connectivity index (χ4v) is 2.39. The highest BCUT2D eigenvalue weighted by Gasteiger charge is 2.15. The zero-order chi connectivity index (χ0) is 16.1. The molecule has 0 aliphatic rings. The Hall–Kier alpha value is -2.08. The third-order valence-electron chi connectivity index (χ3n) is 2.85. The van der Waals surface area contributed by atoms with E-state index in [1.54, 1.807) is 19.1 Å². The minimum atomic E-state index is -1.05. The molecular formula is C16H14BrFO4. The first kappa shape index (κ1) is 16.3. The number of halogens is 2. The van der Waals surface area contributed by atoms with Gasteiger partial charge in [0.25, 0.3) is 0 Å². The average Bonchev–Trinajstić information content (AvgIpc) is 2.48. The summed E-state index contributed by atoms with van der Waals surface area (Å²) in [4.78, 5) is 11.1. The van der Waals surface area contributed by atoms with Crippen molar-refractivity contribution in [1.29, 1.82) is 0 Å². The zero-order valence-electron chi connectivity index (χ0n) is 11.8. The van der Waals surface area contributed by atoms with Crippen LogP contribution >= 0.6 is 15.9 Å². The minimum absolute atomic E-state index is 0.101. The summed E-state index contributed by atoms with van der Waals surface area (Å²) in [6, 6.07) is 8.81. The summed E-state index contributed by atoms with van der Waals surface area (Å²) >= 11 is 3.29. The van der Waals surface area contributed by atoms with Crippen LogP contribution in [0.15, 0.2) is 40.9 Å². The minimum Gasteiger partial charge on any atom is -0.490 e. The molecule has 0 fully saturated rings. The number of benzene rings is 2. The van der Waals surface area contributed by atoms with Crippen molar-refractivity contribution in [3.8, 4) is 11.5 Å². The number of hydrogen-bond donors (Lipinski definition) is 1. The lowest BCUT2D eigenvalue weighted by Crippen LogP contribution is -2.03. The molecule has 1 N–H and O–H groups in total. The fraction of sp³-hybridized carbons (Fsp3) is 0.188. The van der Waals surface area contributed by atoms with Crippen molar-refractivity contribution < 1.29 is 23.8 Å². The van der Waals surface area contributed by atoms with Gasteiger partial charge in [0.05, 0.1) is 16.6 Å². The maximum atomic E-state index is 12.9. The van der Waals surface area contributed by atoms with Gasteiger partial charge in [-0.1, -0.05) is 12.1 Å². The second-order valence-corrected chi connectivity index (χ2v) is 5.29. The van der Waals surface area contributed by atoms with Gasteiger partial charge in [-0.25, -0.2) is 9.18 Å². The van der Waals surface area contributed by atoms with Crippen molar-refractivity contribution in [1.82, 2.24) is 0 Å². The van der Waals surface area contributed by atoms with Crippen LogP contribution in [0.4, 0.5) is 4.39 Å². The lowest BCUT2D eigenvalue weighted by atomic mass is 10.2. The molecule has 22 heavy (non-hydrogen) atoms. The smallest absolute Gasteiger partial charge is 0.335 e. The highest BCUT2D eigenvalue weighted by Crippen LogP contribution is 2.37. The van der Waals surface area contributed by atoms with Gasteiger partial charge >= 0.3 is 5.97 Å². The van der Waals surface area contributed by atoms with Gasteiger partial charge in [0.1, 0.15) is 12.4 Å². The molecule has 0 amide bonds. The molecule has 0 unspecified atom stereocenters. The number of hydrogen-bond acceptors (Lipinski definition) is 3. The van der Waals surface area contributed by atoms with Crippen molar-refractivity contribution in [2.24, 2.45) is 0 Å². The van der Waals surface area contributed by atoms with E-state index in [4.69, 9.17) is 14.6 Å². The SMILES string of the molecule is CCOc1cc(C(=O)O)cc(Br)c1OCc1ccc(F)cc1. The monoisotopic (exact) mass is 368 g/mol. The Balaban J connectivity index is 2.25. The van der Waals surface area contributed by atoms with Gasteiger partial charge in [-0.3, -0.25) is 0 Å². The first-order valence-electron chi connectivity index (χ1n) is 6.58. The highest BCUT2D eigenvalue weighted by molar-refractivity contribution is 9.10. The molecule has 0 heterocycles. The van der Waals surface area contributed by atoms with E-state index in [1.165, 1.54) is 24.3 Å². The molecule has 0 radical (unpaired) electrons. The van der Waals surface area contributed by atoms with Gasteiger partial charge in [0.2, 0.25) is 0 Å². The van der Waals surface area contributed by atoms with Gasteiger partial charge in [-0.05, 0) is 52.7 Å². The van der Waals surface area contributed by atoms with Crippen molar-refractivity contribution in [2.45, 2.75) is 13.5 Å². The predicted molar refractivity (Wildman–Crippen MR) is 83.0 cm³/mol. The van der Waals surface area contributed by atoms with Crippen LogP contribution < -0.4 is 9.47 Å². The van der Waals surface area contributed by atoms with Crippen molar-refractivity contribution in [3.05, 3.63) is 57.8 Å². The lowest BCUT2D eigenvalue weighted by molar-refractivity contribution is 0.0696. The molecule has 6 heteroatoms. The molecule has 0 aliphatic heterocycles. The zero-order valence-corrected chi connectivity index (χ0v) is 13.4. The molecule has 2 rings (SSSR count). The van der Waals surface area contributed by atoms with Gasteiger partial charge < -0.3 is 14.6 Å². The Morgan fingerprint density at radius 2 is 1.91 bits per heavy atom. The van der Waals surface area contributed by atoms with Crippen LogP contribution in [0, 0.1) is 5.82 Å². The Morgan fingerprint density at radius 3 is 2.50 bits per heavy atom. The summed E-state index contributed by atoms with van der Waals surface area (Å²) in [6.45, 7) is 2.39. The summed E-state index contributed by atoms with van der Waals surface area (Å²) in [5.41, 5.74) is 0.891. The van der Waals surface area contributed by atoms with E-state index in [1.807, 2.05) is 0 Å². The summed E-state index contributed by atoms with van der Waals surface area (Å²) in [5.74, 6) is -0.606. The molecule has 116 valence electrons. The van der Waals surface area contributed by atoms with E-state index in [9.17, 15) is 9.18 Å². The summed E-state index contributed by atoms with van der Waals surface area (Å²) in [6.07, 6.45) is 0. The summed E-state index contributed by atoms with van der Waals surface area (Å²) < 4.78 is 24.5. The number of aromatic carboxylic acids is 1. The molecule has 0 saturated carbocycles. The van der Waals surface area contributed by atoms with Crippen LogP contribution in [-0.2, 0) is 6.61 Å². The predicted octanol–water partition coefficient (Wildman–Crippen LogP) is 4.26. The quantitative estimate of drug-likeness (QED) is 0.827.